The molecule has 114 valence electrons. The van der Waals surface area contributed by atoms with E-state index in [0.717, 1.165) is 25.5 Å². The lowest BCUT2D eigenvalue weighted by Gasteiger charge is -2.16. The monoisotopic (exact) mass is 285 g/mol. The number of rotatable bonds is 8. The molecule has 3 heteroatoms. The van der Waals surface area contributed by atoms with Crippen LogP contribution in [-0.2, 0) is 6.54 Å². The quantitative estimate of drug-likeness (QED) is 0.763. The summed E-state index contributed by atoms with van der Waals surface area (Å²) in [5.41, 5.74) is 1.26. The van der Waals surface area contributed by atoms with Crippen LogP contribution in [0.4, 0.5) is 5.82 Å². The summed E-state index contributed by atoms with van der Waals surface area (Å²) in [5, 5.41) is 9.44. The Balaban J connectivity index is 2.25. The molecule has 0 bridgehead atoms. The van der Waals surface area contributed by atoms with Crippen LogP contribution in [0, 0.1) is 5.92 Å². The minimum atomic E-state index is 0.715. The summed E-state index contributed by atoms with van der Waals surface area (Å²) in [6.45, 7) is 9.47. The average molecular weight is 285 g/mol. The highest BCUT2D eigenvalue weighted by Gasteiger charge is 2.08. The molecule has 2 rings (SSSR count). The SMILES string of the molecule is CCNCc1cnc(NCC(CC)CC)c2ccccc12. The molecule has 0 aliphatic carbocycles. The van der Waals surface area contributed by atoms with Crippen molar-refractivity contribution < 1.29 is 0 Å². The zero-order chi connectivity index (χ0) is 15.1. The van der Waals surface area contributed by atoms with E-state index in [9.17, 15) is 0 Å². The molecule has 2 aromatic rings. The molecule has 0 saturated carbocycles. The van der Waals surface area contributed by atoms with Crippen molar-refractivity contribution in [2.75, 3.05) is 18.4 Å². The number of anilines is 1. The molecule has 3 nitrogen and oxygen atoms in total. The summed E-state index contributed by atoms with van der Waals surface area (Å²) in [6.07, 6.45) is 4.42. The number of nitrogens with one attached hydrogen (secondary N) is 2. The van der Waals surface area contributed by atoms with Crippen LogP contribution in [0.25, 0.3) is 10.8 Å². The van der Waals surface area contributed by atoms with E-state index >= 15 is 0 Å². The maximum absolute atomic E-state index is 4.65. The lowest BCUT2D eigenvalue weighted by Crippen LogP contribution is -2.15. The molecule has 0 spiro atoms. The zero-order valence-electron chi connectivity index (χ0n) is 13.4. The molecule has 21 heavy (non-hydrogen) atoms. The van der Waals surface area contributed by atoms with Gasteiger partial charge in [-0.2, -0.15) is 0 Å². The van der Waals surface area contributed by atoms with Gasteiger partial charge in [0.2, 0.25) is 0 Å². The molecule has 0 saturated heterocycles. The fourth-order valence-corrected chi connectivity index (χ4v) is 2.61. The topological polar surface area (TPSA) is 37.0 Å². The zero-order valence-corrected chi connectivity index (χ0v) is 13.4. The number of fused-ring (bicyclic) bond motifs is 1. The molecular weight excluding hydrogens is 258 g/mol. The minimum absolute atomic E-state index is 0.715. The van der Waals surface area contributed by atoms with E-state index in [0.29, 0.717) is 5.92 Å². The molecule has 0 aliphatic heterocycles. The van der Waals surface area contributed by atoms with Gasteiger partial charge in [0.15, 0.2) is 0 Å². The first-order chi connectivity index (χ1) is 10.3. The van der Waals surface area contributed by atoms with Gasteiger partial charge in [-0.25, -0.2) is 4.98 Å². The van der Waals surface area contributed by atoms with Gasteiger partial charge < -0.3 is 10.6 Å². The van der Waals surface area contributed by atoms with Crippen molar-refractivity contribution in [3.05, 3.63) is 36.0 Å². The van der Waals surface area contributed by atoms with Gasteiger partial charge in [-0.15, -0.1) is 0 Å². The Hall–Kier alpha value is -1.61. The standard InChI is InChI=1S/C18H27N3/c1-4-14(5-2)11-20-18-17-10-8-7-9-16(17)15(13-21-18)12-19-6-3/h7-10,13-14,19H,4-6,11-12H2,1-3H3,(H,20,21). The summed E-state index contributed by atoms with van der Waals surface area (Å²) < 4.78 is 0. The Morgan fingerprint density at radius 2 is 1.76 bits per heavy atom. The van der Waals surface area contributed by atoms with Crippen molar-refractivity contribution in [1.29, 1.82) is 0 Å². The van der Waals surface area contributed by atoms with Gasteiger partial charge in [0.25, 0.3) is 0 Å². The lowest BCUT2D eigenvalue weighted by molar-refractivity contribution is 0.518. The average Bonchev–Trinajstić information content (AvgIpc) is 2.54. The molecule has 0 fully saturated rings. The van der Waals surface area contributed by atoms with Crippen LogP contribution in [0.1, 0.15) is 39.2 Å². The van der Waals surface area contributed by atoms with Crippen molar-refractivity contribution in [1.82, 2.24) is 10.3 Å². The van der Waals surface area contributed by atoms with Gasteiger partial charge in [0.1, 0.15) is 5.82 Å². The minimum Gasteiger partial charge on any atom is -0.369 e. The summed E-state index contributed by atoms with van der Waals surface area (Å²) in [4.78, 5) is 4.65. The Morgan fingerprint density at radius 3 is 2.43 bits per heavy atom. The van der Waals surface area contributed by atoms with Gasteiger partial charge in [0.05, 0.1) is 0 Å². The second-order valence-corrected chi connectivity index (χ2v) is 5.52. The van der Waals surface area contributed by atoms with Crippen molar-refractivity contribution in [2.24, 2.45) is 5.92 Å². The highest BCUT2D eigenvalue weighted by Crippen LogP contribution is 2.25. The maximum Gasteiger partial charge on any atom is 0.133 e. The Bertz CT molecular complexity index is 561. The summed E-state index contributed by atoms with van der Waals surface area (Å²) in [5.74, 6) is 1.73. The third-order valence-electron chi connectivity index (χ3n) is 4.16. The number of nitrogens with zero attached hydrogens (tertiary/aromatic N) is 1. The number of hydrogen-bond acceptors (Lipinski definition) is 3. The van der Waals surface area contributed by atoms with Gasteiger partial charge in [-0.3, -0.25) is 0 Å². The van der Waals surface area contributed by atoms with E-state index < -0.39 is 0 Å². The van der Waals surface area contributed by atoms with Crippen molar-refractivity contribution in [3.63, 3.8) is 0 Å². The van der Waals surface area contributed by atoms with E-state index in [1.54, 1.807) is 0 Å². The third kappa shape index (κ3) is 3.94. The van der Waals surface area contributed by atoms with Gasteiger partial charge >= 0.3 is 0 Å². The largest absolute Gasteiger partial charge is 0.369 e. The molecule has 0 radical (unpaired) electrons. The number of pyridine rings is 1. The maximum atomic E-state index is 4.65. The van der Waals surface area contributed by atoms with Crippen LogP contribution >= 0.6 is 0 Å². The number of aromatic nitrogens is 1. The Labute approximate surface area is 128 Å². The van der Waals surface area contributed by atoms with Gasteiger partial charge in [-0.05, 0) is 23.4 Å². The smallest absolute Gasteiger partial charge is 0.133 e. The highest BCUT2D eigenvalue weighted by atomic mass is 15.0. The first-order valence-electron chi connectivity index (χ1n) is 8.11. The van der Waals surface area contributed by atoms with Crippen molar-refractivity contribution >= 4 is 16.6 Å². The molecule has 1 aromatic heterocycles. The second kappa shape index (κ2) is 7.99. The summed E-state index contributed by atoms with van der Waals surface area (Å²) >= 11 is 0. The van der Waals surface area contributed by atoms with E-state index in [-0.39, 0.29) is 0 Å². The first-order valence-corrected chi connectivity index (χ1v) is 8.11. The van der Waals surface area contributed by atoms with Crippen LogP contribution in [0.2, 0.25) is 0 Å². The molecule has 1 heterocycles. The van der Waals surface area contributed by atoms with E-state index in [2.05, 4.69) is 60.7 Å². The lowest BCUT2D eigenvalue weighted by atomic mass is 10.0. The number of benzene rings is 1. The number of hydrogen-bond donors (Lipinski definition) is 2. The highest BCUT2D eigenvalue weighted by molar-refractivity contribution is 5.93. The Morgan fingerprint density at radius 1 is 1.05 bits per heavy atom. The fraction of sp³-hybridized carbons (Fsp3) is 0.500. The fourth-order valence-electron chi connectivity index (χ4n) is 2.61. The Kier molecular flexibility index (Phi) is 6.00. The van der Waals surface area contributed by atoms with Gasteiger partial charge in [-0.1, -0.05) is 57.9 Å². The molecular formula is C18H27N3. The third-order valence-corrected chi connectivity index (χ3v) is 4.16. The molecule has 2 N–H and O–H groups in total. The van der Waals surface area contributed by atoms with E-state index in [1.165, 1.54) is 29.2 Å². The molecule has 0 atom stereocenters. The van der Waals surface area contributed by atoms with Crippen molar-refractivity contribution in [2.45, 2.75) is 40.2 Å². The van der Waals surface area contributed by atoms with Crippen LogP contribution in [0.15, 0.2) is 30.5 Å². The first kappa shape index (κ1) is 15.8. The normalized spacial score (nSPS) is 11.2. The molecule has 0 aliphatic rings. The second-order valence-electron chi connectivity index (χ2n) is 5.52. The van der Waals surface area contributed by atoms with Crippen LogP contribution in [-0.4, -0.2) is 18.1 Å². The molecule has 0 amide bonds. The summed E-state index contributed by atoms with van der Waals surface area (Å²) in [6, 6.07) is 8.53. The molecule has 0 unspecified atom stereocenters. The predicted octanol–water partition coefficient (Wildman–Crippen LogP) is 4.19. The predicted molar refractivity (Wildman–Crippen MR) is 91.7 cm³/mol. The van der Waals surface area contributed by atoms with Crippen molar-refractivity contribution in [3.8, 4) is 0 Å². The van der Waals surface area contributed by atoms with Gasteiger partial charge in [0, 0.05) is 24.7 Å². The molecule has 1 aromatic carbocycles. The van der Waals surface area contributed by atoms with Crippen LogP contribution in [0.3, 0.4) is 0 Å². The van der Waals surface area contributed by atoms with E-state index in [4.69, 9.17) is 0 Å². The van der Waals surface area contributed by atoms with Crippen LogP contribution in [0.5, 0.6) is 0 Å². The van der Waals surface area contributed by atoms with Crippen LogP contribution < -0.4 is 10.6 Å². The van der Waals surface area contributed by atoms with E-state index in [1.807, 2.05) is 6.20 Å². The summed E-state index contributed by atoms with van der Waals surface area (Å²) in [7, 11) is 0.